The van der Waals surface area contributed by atoms with E-state index in [0.717, 1.165) is 10.0 Å². The Balaban J connectivity index is 2.04. The summed E-state index contributed by atoms with van der Waals surface area (Å²) < 4.78 is 6.41. The van der Waals surface area contributed by atoms with Crippen molar-refractivity contribution in [3.8, 4) is 5.75 Å². The van der Waals surface area contributed by atoms with Gasteiger partial charge in [-0.25, -0.2) is 0 Å². The minimum absolute atomic E-state index is 0.00516. The van der Waals surface area contributed by atoms with Gasteiger partial charge in [-0.1, -0.05) is 48.8 Å². The number of hydrogen-bond donors (Lipinski definition) is 2. The third kappa shape index (κ3) is 5.88. The average Bonchev–Trinajstić information content (AvgIpc) is 2.55. The fraction of sp³-hybridized carbons (Fsp3) is 0.300. The number of nitrogens with one attached hydrogen (secondary N) is 2. The molecular formula is C20H23BrN2O3. The molecule has 0 heterocycles. The lowest BCUT2D eigenvalue weighted by molar-refractivity contribution is -0.118. The fourth-order valence-electron chi connectivity index (χ4n) is 2.31. The van der Waals surface area contributed by atoms with Crippen molar-refractivity contribution < 1.29 is 14.3 Å². The molecule has 2 N–H and O–H groups in total. The largest absolute Gasteiger partial charge is 0.484 e. The molecule has 6 heteroatoms. The monoisotopic (exact) mass is 418 g/mol. The van der Waals surface area contributed by atoms with Gasteiger partial charge < -0.3 is 15.4 Å². The molecule has 0 aliphatic carbocycles. The third-order valence-electron chi connectivity index (χ3n) is 3.64. The molecule has 0 atom stereocenters. The van der Waals surface area contributed by atoms with E-state index in [1.165, 1.54) is 6.92 Å². The first-order valence-electron chi connectivity index (χ1n) is 8.25. The molecule has 0 saturated carbocycles. The summed E-state index contributed by atoms with van der Waals surface area (Å²) in [6, 6.07) is 12.9. The number of halogens is 1. The first-order chi connectivity index (χ1) is 12.1. The van der Waals surface area contributed by atoms with Crippen LogP contribution in [0.2, 0.25) is 0 Å². The number of carbonyl (C=O) groups excluding carboxylic acids is 2. The quantitative estimate of drug-likeness (QED) is 0.737. The van der Waals surface area contributed by atoms with Crippen LogP contribution in [0.25, 0.3) is 0 Å². The van der Waals surface area contributed by atoms with E-state index in [1.54, 1.807) is 18.2 Å². The standard InChI is InChI=1S/C20H23BrN2O3/c1-13(24)22-17-9-8-15(21)11-18(17)23-19(25)12-26-16-7-5-6-14(10-16)20(2,3)4/h5-11H,12H2,1-4H3,(H,22,24)(H,23,25). The van der Waals surface area contributed by atoms with Gasteiger partial charge in [-0.05, 0) is 41.3 Å². The van der Waals surface area contributed by atoms with Gasteiger partial charge in [0.15, 0.2) is 6.61 Å². The lowest BCUT2D eigenvalue weighted by Gasteiger charge is -2.19. The van der Waals surface area contributed by atoms with Crippen molar-refractivity contribution in [3.05, 3.63) is 52.5 Å². The van der Waals surface area contributed by atoms with Crippen molar-refractivity contribution in [1.29, 1.82) is 0 Å². The Morgan fingerprint density at radius 1 is 1.04 bits per heavy atom. The Labute approximate surface area is 162 Å². The molecule has 0 aromatic heterocycles. The van der Waals surface area contributed by atoms with Crippen LogP contribution >= 0.6 is 15.9 Å². The van der Waals surface area contributed by atoms with Crippen LogP contribution in [0.5, 0.6) is 5.75 Å². The molecule has 2 aromatic carbocycles. The summed E-state index contributed by atoms with van der Waals surface area (Å²) in [5, 5.41) is 5.45. The molecule has 0 radical (unpaired) electrons. The van der Waals surface area contributed by atoms with Gasteiger partial charge in [0.1, 0.15) is 5.75 Å². The number of rotatable bonds is 5. The van der Waals surface area contributed by atoms with Crippen LogP contribution in [0.3, 0.4) is 0 Å². The maximum atomic E-state index is 12.3. The van der Waals surface area contributed by atoms with E-state index >= 15 is 0 Å². The fourth-order valence-corrected chi connectivity index (χ4v) is 2.67. The van der Waals surface area contributed by atoms with Crippen LogP contribution in [-0.2, 0) is 15.0 Å². The van der Waals surface area contributed by atoms with Crippen molar-refractivity contribution >= 4 is 39.1 Å². The summed E-state index contributed by atoms with van der Waals surface area (Å²) in [4.78, 5) is 23.6. The zero-order valence-electron chi connectivity index (χ0n) is 15.4. The molecule has 0 bridgehead atoms. The van der Waals surface area contributed by atoms with Gasteiger partial charge in [-0.2, -0.15) is 0 Å². The highest BCUT2D eigenvalue weighted by Crippen LogP contribution is 2.27. The normalized spacial score (nSPS) is 11.0. The van der Waals surface area contributed by atoms with Gasteiger partial charge in [-0.3, -0.25) is 9.59 Å². The lowest BCUT2D eigenvalue weighted by Crippen LogP contribution is -2.21. The first kappa shape index (κ1) is 20.0. The van der Waals surface area contributed by atoms with Crippen LogP contribution in [-0.4, -0.2) is 18.4 Å². The number of benzene rings is 2. The van der Waals surface area contributed by atoms with Crippen LogP contribution in [0.4, 0.5) is 11.4 Å². The molecule has 5 nitrogen and oxygen atoms in total. The first-order valence-corrected chi connectivity index (χ1v) is 9.05. The van der Waals surface area contributed by atoms with Crippen LogP contribution in [0, 0.1) is 0 Å². The predicted molar refractivity (Wildman–Crippen MR) is 108 cm³/mol. The molecule has 0 spiro atoms. The third-order valence-corrected chi connectivity index (χ3v) is 4.13. The van der Waals surface area contributed by atoms with Gasteiger partial charge >= 0.3 is 0 Å². The summed E-state index contributed by atoms with van der Waals surface area (Å²) in [5.41, 5.74) is 2.18. The number of anilines is 2. The van der Waals surface area contributed by atoms with Gasteiger partial charge in [0.2, 0.25) is 5.91 Å². The maximum Gasteiger partial charge on any atom is 0.262 e. The number of hydrogen-bond acceptors (Lipinski definition) is 3. The average molecular weight is 419 g/mol. The summed E-state index contributed by atoms with van der Waals surface area (Å²) in [5.74, 6) is 0.123. The number of carbonyl (C=O) groups is 2. The topological polar surface area (TPSA) is 67.4 Å². The van der Waals surface area contributed by atoms with Crippen LogP contribution in [0.1, 0.15) is 33.3 Å². The highest BCUT2D eigenvalue weighted by atomic mass is 79.9. The Kier molecular flexibility index (Phi) is 6.42. The van der Waals surface area contributed by atoms with Crippen molar-refractivity contribution in [1.82, 2.24) is 0 Å². The zero-order chi connectivity index (χ0) is 19.3. The van der Waals surface area contributed by atoms with E-state index in [-0.39, 0.29) is 23.8 Å². The summed E-state index contributed by atoms with van der Waals surface area (Å²) >= 11 is 3.36. The van der Waals surface area contributed by atoms with E-state index in [2.05, 4.69) is 47.3 Å². The lowest BCUT2D eigenvalue weighted by atomic mass is 9.87. The van der Waals surface area contributed by atoms with E-state index in [0.29, 0.717) is 17.1 Å². The maximum absolute atomic E-state index is 12.3. The summed E-state index contributed by atoms with van der Waals surface area (Å²) in [6.07, 6.45) is 0. The molecule has 0 fully saturated rings. The van der Waals surface area contributed by atoms with E-state index in [1.807, 2.05) is 24.3 Å². The van der Waals surface area contributed by atoms with Gasteiger partial charge in [0.25, 0.3) is 5.91 Å². The predicted octanol–water partition coefficient (Wildman–Crippen LogP) is 4.72. The highest BCUT2D eigenvalue weighted by Gasteiger charge is 2.14. The second-order valence-corrected chi connectivity index (χ2v) is 7.90. The SMILES string of the molecule is CC(=O)Nc1ccc(Br)cc1NC(=O)COc1cccc(C(C)(C)C)c1. The van der Waals surface area contributed by atoms with Gasteiger partial charge in [0.05, 0.1) is 11.4 Å². The minimum Gasteiger partial charge on any atom is -0.484 e. The number of amides is 2. The second-order valence-electron chi connectivity index (χ2n) is 6.99. The number of ether oxygens (including phenoxy) is 1. The molecular weight excluding hydrogens is 396 g/mol. The molecule has 26 heavy (non-hydrogen) atoms. The molecule has 138 valence electrons. The summed E-state index contributed by atoms with van der Waals surface area (Å²) in [6.45, 7) is 7.65. The van der Waals surface area contributed by atoms with Crippen molar-refractivity contribution in [3.63, 3.8) is 0 Å². The van der Waals surface area contributed by atoms with Crippen LogP contribution in [0.15, 0.2) is 46.9 Å². The molecule has 0 aliphatic heterocycles. The van der Waals surface area contributed by atoms with E-state index < -0.39 is 0 Å². The Morgan fingerprint density at radius 2 is 1.77 bits per heavy atom. The van der Waals surface area contributed by atoms with Gasteiger partial charge in [-0.15, -0.1) is 0 Å². The Hall–Kier alpha value is -2.34. The van der Waals surface area contributed by atoms with Crippen LogP contribution < -0.4 is 15.4 Å². The Bertz CT molecular complexity index is 813. The molecule has 0 aliphatic rings. The van der Waals surface area contributed by atoms with E-state index in [4.69, 9.17) is 4.74 Å². The van der Waals surface area contributed by atoms with Crippen molar-refractivity contribution in [2.75, 3.05) is 17.2 Å². The smallest absolute Gasteiger partial charge is 0.262 e. The molecule has 2 aromatic rings. The highest BCUT2D eigenvalue weighted by molar-refractivity contribution is 9.10. The van der Waals surface area contributed by atoms with E-state index in [9.17, 15) is 9.59 Å². The molecule has 0 saturated heterocycles. The molecule has 0 unspecified atom stereocenters. The molecule has 2 rings (SSSR count). The van der Waals surface area contributed by atoms with Crippen molar-refractivity contribution in [2.24, 2.45) is 0 Å². The zero-order valence-corrected chi connectivity index (χ0v) is 16.9. The van der Waals surface area contributed by atoms with Crippen molar-refractivity contribution in [2.45, 2.75) is 33.1 Å². The Morgan fingerprint density at radius 3 is 2.42 bits per heavy atom. The van der Waals surface area contributed by atoms with Gasteiger partial charge in [0, 0.05) is 11.4 Å². The second kappa shape index (κ2) is 8.36. The minimum atomic E-state index is -0.309. The summed E-state index contributed by atoms with van der Waals surface area (Å²) in [7, 11) is 0. The molecule has 2 amide bonds.